The fraction of sp³-hybridized carbons (Fsp3) is 0.500. The predicted octanol–water partition coefficient (Wildman–Crippen LogP) is 0.612. The zero-order valence-corrected chi connectivity index (χ0v) is 13.1. The molecular formula is C16H21FN2O4. The third-order valence-electron chi connectivity index (χ3n) is 3.68. The van der Waals surface area contributed by atoms with E-state index in [1.54, 1.807) is 29.0 Å². The van der Waals surface area contributed by atoms with Gasteiger partial charge >= 0.3 is 5.97 Å². The predicted molar refractivity (Wildman–Crippen MR) is 81.6 cm³/mol. The number of carbonyl (C=O) groups excluding carboxylic acids is 1. The first-order valence-corrected chi connectivity index (χ1v) is 7.48. The molecule has 6 nitrogen and oxygen atoms in total. The summed E-state index contributed by atoms with van der Waals surface area (Å²) in [7, 11) is 1.71. The summed E-state index contributed by atoms with van der Waals surface area (Å²) in [6, 6.07) is 5.88. The number of nitrogens with zero attached hydrogens (tertiary/aromatic N) is 2. The maximum atomic E-state index is 12.9. The zero-order valence-electron chi connectivity index (χ0n) is 13.1. The van der Waals surface area contributed by atoms with E-state index in [1.807, 2.05) is 0 Å². The molecule has 0 aliphatic carbocycles. The quantitative estimate of drug-likeness (QED) is 0.830. The molecule has 1 fully saturated rings. The lowest BCUT2D eigenvalue weighted by atomic mass is 10.1. The van der Waals surface area contributed by atoms with Gasteiger partial charge in [0.25, 0.3) is 0 Å². The summed E-state index contributed by atoms with van der Waals surface area (Å²) < 4.78 is 18.5. The van der Waals surface area contributed by atoms with Gasteiger partial charge in [-0.25, -0.2) is 4.39 Å². The van der Waals surface area contributed by atoms with Gasteiger partial charge < -0.3 is 14.7 Å². The van der Waals surface area contributed by atoms with E-state index in [9.17, 15) is 14.0 Å². The molecule has 7 heteroatoms. The third-order valence-corrected chi connectivity index (χ3v) is 3.68. The van der Waals surface area contributed by atoms with E-state index in [-0.39, 0.29) is 30.8 Å². The second-order valence-electron chi connectivity index (χ2n) is 5.73. The average molecular weight is 324 g/mol. The van der Waals surface area contributed by atoms with Crippen LogP contribution in [0.2, 0.25) is 0 Å². The van der Waals surface area contributed by atoms with Crippen molar-refractivity contribution in [2.75, 3.05) is 39.8 Å². The number of hydrogen-bond donors (Lipinski definition) is 1. The van der Waals surface area contributed by atoms with Crippen molar-refractivity contribution in [3.05, 3.63) is 35.6 Å². The molecule has 126 valence electrons. The van der Waals surface area contributed by atoms with Gasteiger partial charge in [0.1, 0.15) is 5.82 Å². The standard InChI is InChI=1S/C16H21FN2O4/c1-18(11-16(21)22)9-14-10-19(6-7-23-14)15(20)8-12-2-4-13(17)5-3-12/h2-5,14H,6-11H2,1H3,(H,21,22). The van der Waals surface area contributed by atoms with Gasteiger partial charge in [0.15, 0.2) is 0 Å². The highest BCUT2D eigenvalue weighted by molar-refractivity contribution is 5.78. The van der Waals surface area contributed by atoms with E-state index >= 15 is 0 Å². The smallest absolute Gasteiger partial charge is 0.317 e. The van der Waals surface area contributed by atoms with Crippen LogP contribution >= 0.6 is 0 Å². The second kappa shape index (κ2) is 8.03. The molecule has 1 atom stereocenters. The number of likely N-dealkylation sites (N-methyl/N-ethyl adjacent to an activating group) is 1. The number of hydrogen-bond acceptors (Lipinski definition) is 4. The SMILES string of the molecule is CN(CC(=O)O)CC1CN(C(=O)Cc2ccc(F)cc2)CCO1. The van der Waals surface area contributed by atoms with Gasteiger partial charge in [0, 0.05) is 19.6 Å². The molecule has 1 aromatic carbocycles. The Balaban J connectivity index is 1.86. The third kappa shape index (κ3) is 5.61. The van der Waals surface area contributed by atoms with Gasteiger partial charge in [-0.15, -0.1) is 0 Å². The molecule has 2 rings (SSSR count). The molecular weight excluding hydrogens is 303 g/mol. The Hall–Kier alpha value is -1.99. The molecule has 1 amide bonds. The maximum absolute atomic E-state index is 12.9. The van der Waals surface area contributed by atoms with E-state index in [0.717, 1.165) is 5.56 Å². The van der Waals surface area contributed by atoms with Crippen LogP contribution in [0.1, 0.15) is 5.56 Å². The first-order chi connectivity index (χ1) is 10.9. The van der Waals surface area contributed by atoms with Crippen LogP contribution in [0, 0.1) is 5.82 Å². The maximum Gasteiger partial charge on any atom is 0.317 e. The highest BCUT2D eigenvalue weighted by atomic mass is 19.1. The fourth-order valence-electron chi connectivity index (χ4n) is 2.59. The Bertz CT molecular complexity index is 550. The summed E-state index contributed by atoms with van der Waals surface area (Å²) in [5.74, 6) is -1.26. The van der Waals surface area contributed by atoms with Crippen molar-refractivity contribution in [2.24, 2.45) is 0 Å². The Morgan fingerprint density at radius 2 is 2.09 bits per heavy atom. The normalized spacial score (nSPS) is 18.2. The Labute approximate surface area is 134 Å². The molecule has 1 unspecified atom stereocenters. The number of aliphatic carboxylic acids is 1. The van der Waals surface area contributed by atoms with Gasteiger partial charge in [0.05, 0.1) is 25.7 Å². The van der Waals surface area contributed by atoms with Crippen molar-refractivity contribution in [3.63, 3.8) is 0 Å². The Morgan fingerprint density at radius 3 is 2.74 bits per heavy atom. The Kier molecular flexibility index (Phi) is 6.06. The number of morpholine rings is 1. The summed E-state index contributed by atoms with van der Waals surface area (Å²) in [5, 5.41) is 8.76. The number of carbonyl (C=O) groups is 2. The molecule has 1 aliphatic heterocycles. The van der Waals surface area contributed by atoms with E-state index in [1.165, 1.54) is 12.1 Å². The van der Waals surface area contributed by atoms with Crippen molar-refractivity contribution in [3.8, 4) is 0 Å². The van der Waals surface area contributed by atoms with Crippen LogP contribution < -0.4 is 0 Å². The molecule has 1 saturated heterocycles. The number of carboxylic acid groups (broad SMARTS) is 1. The van der Waals surface area contributed by atoms with Crippen LogP contribution in [-0.2, 0) is 20.7 Å². The second-order valence-corrected chi connectivity index (χ2v) is 5.73. The molecule has 23 heavy (non-hydrogen) atoms. The van der Waals surface area contributed by atoms with Crippen LogP contribution in [0.3, 0.4) is 0 Å². The van der Waals surface area contributed by atoms with E-state index in [2.05, 4.69) is 0 Å². The van der Waals surface area contributed by atoms with Crippen LogP contribution in [-0.4, -0.2) is 72.7 Å². The lowest BCUT2D eigenvalue weighted by Gasteiger charge is -2.34. The zero-order chi connectivity index (χ0) is 16.8. The summed E-state index contributed by atoms with van der Waals surface area (Å²) in [6.45, 7) is 1.76. The van der Waals surface area contributed by atoms with Crippen LogP contribution in [0.15, 0.2) is 24.3 Å². The highest BCUT2D eigenvalue weighted by Gasteiger charge is 2.25. The van der Waals surface area contributed by atoms with Crippen molar-refractivity contribution < 1.29 is 23.8 Å². The monoisotopic (exact) mass is 324 g/mol. The van der Waals surface area contributed by atoms with Crippen molar-refractivity contribution in [2.45, 2.75) is 12.5 Å². The minimum atomic E-state index is -0.896. The summed E-state index contributed by atoms with van der Waals surface area (Å²) in [4.78, 5) is 26.4. The summed E-state index contributed by atoms with van der Waals surface area (Å²) in [6.07, 6.45) is 0.0167. The number of ether oxygens (including phenoxy) is 1. The molecule has 0 aromatic heterocycles. The van der Waals surface area contributed by atoms with E-state index in [4.69, 9.17) is 9.84 Å². The minimum Gasteiger partial charge on any atom is -0.480 e. The highest BCUT2D eigenvalue weighted by Crippen LogP contribution is 2.10. The van der Waals surface area contributed by atoms with Gasteiger partial charge in [-0.3, -0.25) is 14.5 Å². The first kappa shape index (κ1) is 17.4. The fourth-order valence-corrected chi connectivity index (χ4v) is 2.59. The molecule has 1 N–H and O–H groups in total. The number of rotatable bonds is 6. The van der Waals surface area contributed by atoms with Gasteiger partial charge in [-0.1, -0.05) is 12.1 Å². The van der Waals surface area contributed by atoms with Gasteiger partial charge in [0.2, 0.25) is 5.91 Å². The number of benzene rings is 1. The van der Waals surface area contributed by atoms with E-state index < -0.39 is 5.97 Å². The van der Waals surface area contributed by atoms with Gasteiger partial charge in [-0.2, -0.15) is 0 Å². The summed E-state index contributed by atoms with van der Waals surface area (Å²) >= 11 is 0. The van der Waals surface area contributed by atoms with E-state index in [0.29, 0.717) is 26.2 Å². The lowest BCUT2D eigenvalue weighted by molar-refractivity contribution is -0.142. The van der Waals surface area contributed by atoms with Crippen molar-refractivity contribution >= 4 is 11.9 Å². The summed E-state index contributed by atoms with van der Waals surface area (Å²) in [5.41, 5.74) is 0.766. The topological polar surface area (TPSA) is 70.1 Å². The van der Waals surface area contributed by atoms with Crippen LogP contribution in [0.4, 0.5) is 4.39 Å². The largest absolute Gasteiger partial charge is 0.480 e. The van der Waals surface area contributed by atoms with Gasteiger partial charge in [-0.05, 0) is 24.7 Å². The van der Waals surface area contributed by atoms with Crippen LogP contribution in [0.5, 0.6) is 0 Å². The van der Waals surface area contributed by atoms with Crippen molar-refractivity contribution in [1.82, 2.24) is 9.80 Å². The minimum absolute atomic E-state index is 0.0363. The number of amides is 1. The first-order valence-electron chi connectivity index (χ1n) is 7.48. The average Bonchev–Trinajstić information content (AvgIpc) is 2.49. The number of carboxylic acids is 1. The molecule has 0 saturated carbocycles. The van der Waals surface area contributed by atoms with Crippen LogP contribution in [0.25, 0.3) is 0 Å². The Morgan fingerprint density at radius 1 is 1.39 bits per heavy atom. The molecule has 1 aromatic rings. The molecule has 1 aliphatic rings. The molecule has 0 radical (unpaired) electrons. The molecule has 1 heterocycles. The lowest BCUT2D eigenvalue weighted by Crippen LogP contribution is -2.50. The van der Waals surface area contributed by atoms with Crippen molar-refractivity contribution in [1.29, 1.82) is 0 Å². The molecule has 0 bridgehead atoms. The molecule has 0 spiro atoms. The number of halogens is 1.